The monoisotopic (exact) mass is 290 g/mol. The molecular weight excluding hydrogens is 286 g/mol. The highest BCUT2D eigenvalue weighted by Crippen LogP contribution is 2.68. The third-order valence-corrected chi connectivity index (χ3v) is 3.15. The molecule has 1 aliphatic rings. The van der Waals surface area contributed by atoms with Crippen LogP contribution in [-0.2, 0) is 10.3 Å². The van der Waals surface area contributed by atoms with Crippen LogP contribution in [0.25, 0.3) is 0 Å². The van der Waals surface area contributed by atoms with Gasteiger partial charge in [-0.05, 0) is 5.56 Å². The van der Waals surface area contributed by atoms with Crippen LogP contribution in [0.2, 0.25) is 0 Å². The quantitative estimate of drug-likeness (QED) is 0.562. The second-order valence-electron chi connectivity index (χ2n) is 3.74. The van der Waals surface area contributed by atoms with Gasteiger partial charge in [-0.25, -0.2) is 4.39 Å². The molecule has 2 atom stereocenters. The van der Waals surface area contributed by atoms with E-state index in [9.17, 15) is 26.3 Å². The van der Waals surface area contributed by atoms with Gasteiger partial charge in [-0.15, -0.1) is 0 Å². The van der Waals surface area contributed by atoms with Gasteiger partial charge in [0.1, 0.15) is 0 Å². The van der Waals surface area contributed by atoms with Gasteiger partial charge in [0.2, 0.25) is 0 Å². The molecule has 2 rings (SSSR count). The standard InChI is InChI=1S/C10H5ClF6O/c11-8(12)7(9(13,14)15,18-10(8,16)17)6-4-2-1-3-5-6/h1-5H/t7-,8+/m0/s1. The van der Waals surface area contributed by atoms with E-state index in [4.69, 9.17) is 11.6 Å². The fourth-order valence-corrected chi connectivity index (χ4v) is 2.09. The van der Waals surface area contributed by atoms with Gasteiger partial charge in [0.25, 0.3) is 5.60 Å². The molecule has 0 radical (unpaired) electrons. The van der Waals surface area contributed by atoms with Gasteiger partial charge in [-0.1, -0.05) is 41.9 Å². The summed E-state index contributed by atoms with van der Waals surface area (Å²) in [7, 11) is 0. The molecule has 1 aromatic rings. The molecule has 0 aliphatic carbocycles. The Hall–Kier alpha value is -0.950. The third kappa shape index (κ3) is 1.40. The summed E-state index contributed by atoms with van der Waals surface area (Å²) in [6, 6.07) is 5.25. The lowest BCUT2D eigenvalue weighted by atomic mass is 9.82. The van der Waals surface area contributed by atoms with Crippen molar-refractivity contribution >= 4 is 11.6 Å². The molecule has 0 saturated carbocycles. The summed E-state index contributed by atoms with van der Waals surface area (Å²) in [5.74, 6) is 0. The first-order valence-corrected chi connectivity index (χ1v) is 5.02. The maximum Gasteiger partial charge on any atom is 0.426 e. The summed E-state index contributed by atoms with van der Waals surface area (Å²) >= 11 is 4.78. The van der Waals surface area contributed by atoms with E-state index in [1.807, 2.05) is 0 Å². The summed E-state index contributed by atoms with van der Waals surface area (Å²) in [6.07, 6.45) is -10.1. The number of rotatable bonds is 1. The highest BCUT2D eigenvalue weighted by atomic mass is 35.5. The van der Waals surface area contributed by atoms with Gasteiger partial charge in [0.05, 0.1) is 0 Å². The fourth-order valence-electron chi connectivity index (χ4n) is 1.79. The molecule has 8 heteroatoms. The van der Waals surface area contributed by atoms with Gasteiger partial charge in [-0.3, -0.25) is 4.74 Å². The zero-order valence-electron chi connectivity index (χ0n) is 8.44. The average Bonchev–Trinajstić information content (AvgIpc) is 2.25. The maximum atomic E-state index is 13.7. The Morgan fingerprint density at radius 1 is 1.00 bits per heavy atom. The average molecular weight is 291 g/mol. The predicted molar refractivity (Wildman–Crippen MR) is 49.9 cm³/mol. The Balaban J connectivity index is 2.61. The highest BCUT2D eigenvalue weighted by Gasteiger charge is 2.90. The van der Waals surface area contributed by atoms with Crippen LogP contribution in [0.5, 0.6) is 0 Å². The molecule has 1 aliphatic heterocycles. The Morgan fingerprint density at radius 2 is 1.50 bits per heavy atom. The Labute approximate surface area is 102 Å². The van der Waals surface area contributed by atoms with Crippen molar-refractivity contribution in [2.45, 2.75) is 23.0 Å². The number of hydrogen-bond acceptors (Lipinski definition) is 1. The lowest BCUT2D eigenvalue weighted by molar-refractivity contribution is -0.514. The highest BCUT2D eigenvalue weighted by molar-refractivity contribution is 6.25. The topological polar surface area (TPSA) is 9.23 Å². The summed E-state index contributed by atoms with van der Waals surface area (Å²) in [6.45, 7) is 0. The van der Waals surface area contributed by atoms with Crippen LogP contribution in [-0.4, -0.2) is 17.4 Å². The lowest BCUT2D eigenvalue weighted by Crippen LogP contribution is -2.76. The second-order valence-corrected chi connectivity index (χ2v) is 4.26. The molecular formula is C10H5ClF6O. The van der Waals surface area contributed by atoms with Crippen LogP contribution < -0.4 is 0 Å². The molecule has 1 fully saturated rings. The number of hydrogen-bond donors (Lipinski definition) is 0. The summed E-state index contributed by atoms with van der Waals surface area (Å²) in [5, 5.41) is -4.39. The van der Waals surface area contributed by atoms with Gasteiger partial charge in [-0.2, -0.15) is 22.0 Å². The van der Waals surface area contributed by atoms with Crippen LogP contribution >= 0.6 is 11.6 Å². The maximum absolute atomic E-state index is 13.7. The second kappa shape index (κ2) is 3.54. The molecule has 1 aromatic carbocycles. The molecule has 100 valence electrons. The molecule has 0 spiro atoms. The minimum atomic E-state index is -5.42. The van der Waals surface area contributed by atoms with Crippen molar-refractivity contribution in [2.75, 3.05) is 0 Å². The van der Waals surface area contributed by atoms with E-state index < -0.39 is 28.6 Å². The molecule has 1 heterocycles. The Bertz CT molecular complexity index is 457. The van der Waals surface area contributed by atoms with Crippen LogP contribution in [0.15, 0.2) is 30.3 Å². The van der Waals surface area contributed by atoms with E-state index in [1.165, 1.54) is 6.07 Å². The zero-order chi connectivity index (χ0) is 13.8. The first kappa shape index (κ1) is 13.5. The molecule has 1 nitrogen and oxygen atoms in total. The van der Waals surface area contributed by atoms with Crippen LogP contribution in [0.3, 0.4) is 0 Å². The lowest BCUT2D eigenvalue weighted by Gasteiger charge is -2.54. The van der Waals surface area contributed by atoms with Crippen molar-refractivity contribution in [3.8, 4) is 0 Å². The Morgan fingerprint density at radius 3 is 1.83 bits per heavy atom. The van der Waals surface area contributed by atoms with Gasteiger partial charge < -0.3 is 0 Å². The van der Waals surface area contributed by atoms with E-state index in [-0.39, 0.29) is 0 Å². The predicted octanol–water partition coefficient (Wildman–Crippen LogP) is 3.97. The van der Waals surface area contributed by atoms with Gasteiger partial charge in [0.15, 0.2) is 0 Å². The van der Waals surface area contributed by atoms with Crippen molar-refractivity contribution in [3.05, 3.63) is 35.9 Å². The molecule has 0 bridgehead atoms. The largest absolute Gasteiger partial charge is 0.426 e. The van der Waals surface area contributed by atoms with E-state index in [0.717, 1.165) is 24.3 Å². The van der Waals surface area contributed by atoms with Crippen molar-refractivity contribution < 1.29 is 31.1 Å². The van der Waals surface area contributed by atoms with Crippen molar-refractivity contribution in [1.82, 2.24) is 0 Å². The molecule has 0 amide bonds. The first-order valence-electron chi connectivity index (χ1n) is 4.64. The van der Waals surface area contributed by atoms with Crippen LogP contribution in [0.1, 0.15) is 5.56 Å². The Kier molecular flexibility index (Phi) is 2.65. The minimum Gasteiger partial charge on any atom is -0.290 e. The van der Waals surface area contributed by atoms with E-state index in [2.05, 4.69) is 4.74 Å². The van der Waals surface area contributed by atoms with E-state index in [1.54, 1.807) is 0 Å². The molecule has 0 unspecified atom stereocenters. The van der Waals surface area contributed by atoms with Gasteiger partial charge >= 0.3 is 17.4 Å². The zero-order valence-corrected chi connectivity index (χ0v) is 9.20. The number of halogens is 7. The van der Waals surface area contributed by atoms with Crippen molar-refractivity contribution in [2.24, 2.45) is 0 Å². The summed E-state index contributed by atoms with van der Waals surface area (Å²) in [5.41, 5.74) is -4.69. The first-order chi connectivity index (χ1) is 8.06. The van der Waals surface area contributed by atoms with Gasteiger partial charge in [0, 0.05) is 0 Å². The SMILES string of the molecule is FC(F)(F)[C@@]1(c2ccccc2)OC(F)(F)[C@@]1(F)Cl. The van der Waals surface area contributed by atoms with Crippen molar-refractivity contribution in [3.63, 3.8) is 0 Å². The fraction of sp³-hybridized carbons (Fsp3) is 0.400. The minimum absolute atomic E-state index is 0.819. The van der Waals surface area contributed by atoms with Crippen LogP contribution in [0.4, 0.5) is 26.3 Å². The molecule has 0 N–H and O–H groups in total. The smallest absolute Gasteiger partial charge is 0.290 e. The van der Waals surface area contributed by atoms with Crippen molar-refractivity contribution in [1.29, 1.82) is 0 Å². The van der Waals surface area contributed by atoms with E-state index >= 15 is 0 Å². The van der Waals surface area contributed by atoms with E-state index in [0.29, 0.717) is 0 Å². The number of ether oxygens (including phenoxy) is 1. The molecule has 1 saturated heterocycles. The summed E-state index contributed by atoms with van der Waals surface area (Å²) in [4.78, 5) is 0. The third-order valence-electron chi connectivity index (χ3n) is 2.67. The normalized spacial score (nSPS) is 35.1. The molecule has 0 aromatic heterocycles. The number of benzene rings is 1. The van der Waals surface area contributed by atoms with Crippen LogP contribution in [0, 0.1) is 0 Å². The number of alkyl halides is 7. The molecule has 18 heavy (non-hydrogen) atoms. The summed E-state index contributed by atoms with van der Waals surface area (Å²) < 4.78 is 81.5.